The largest absolute Gasteiger partial charge is 0.573 e. The minimum Gasteiger partial charge on any atom is -0.497 e. The summed E-state index contributed by atoms with van der Waals surface area (Å²) >= 11 is 0. The summed E-state index contributed by atoms with van der Waals surface area (Å²) in [7, 11) is 1.50. The molecule has 0 bridgehead atoms. The van der Waals surface area contributed by atoms with Crippen LogP contribution in [0.2, 0.25) is 0 Å². The average Bonchev–Trinajstić information content (AvgIpc) is 2.79. The Hall–Kier alpha value is -4.27. The number of hydrogen-bond acceptors (Lipinski definition) is 4. The van der Waals surface area contributed by atoms with E-state index >= 15 is 0 Å². The normalized spacial score (nSPS) is 11.5. The average molecular weight is 456 g/mol. The van der Waals surface area contributed by atoms with Crippen molar-refractivity contribution in [2.75, 3.05) is 12.4 Å². The van der Waals surface area contributed by atoms with E-state index in [2.05, 4.69) is 15.4 Å². The standard InChI is InChI=1S/C24H19F3N2O4/c1-32-20-9-5-6-16(14-20)15-21(29-22(30)17-7-3-2-4-8-17)23(31)28-18-10-12-19(13-11-18)33-24(25,26)27/h2-15H,1H3,(H,28,31)(H,29,30)/b21-15+. The fourth-order valence-corrected chi connectivity index (χ4v) is 2.78. The van der Waals surface area contributed by atoms with E-state index in [9.17, 15) is 22.8 Å². The third-order valence-electron chi connectivity index (χ3n) is 4.28. The Bertz CT molecular complexity index is 1140. The molecule has 0 fully saturated rings. The topological polar surface area (TPSA) is 76.7 Å². The van der Waals surface area contributed by atoms with E-state index in [1.54, 1.807) is 54.6 Å². The van der Waals surface area contributed by atoms with Gasteiger partial charge in [0.15, 0.2) is 0 Å². The van der Waals surface area contributed by atoms with Gasteiger partial charge in [-0.2, -0.15) is 0 Å². The van der Waals surface area contributed by atoms with Crippen molar-refractivity contribution in [1.29, 1.82) is 0 Å². The first-order chi connectivity index (χ1) is 15.7. The molecule has 6 nitrogen and oxygen atoms in total. The first-order valence-electron chi connectivity index (χ1n) is 9.63. The van der Waals surface area contributed by atoms with Crippen molar-refractivity contribution in [2.24, 2.45) is 0 Å². The maximum Gasteiger partial charge on any atom is 0.573 e. The third kappa shape index (κ3) is 7.13. The number of rotatable bonds is 7. The smallest absolute Gasteiger partial charge is 0.497 e. The van der Waals surface area contributed by atoms with Gasteiger partial charge in [-0.3, -0.25) is 9.59 Å². The maximum atomic E-state index is 12.9. The van der Waals surface area contributed by atoms with Crippen LogP contribution in [0, 0.1) is 0 Å². The van der Waals surface area contributed by atoms with Gasteiger partial charge in [-0.05, 0) is 60.2 Å². The molecule has 0 aromatic heterocycles. The molecule has 0 heterocycles. The molecule has 0 saturated carbocycles. The highest BCUT2D eigenvalue weighted by Crippen LogP contribution is 2.24. The number of benzene rings is 3. The van der Waals surface area contributed by atoms with Gasteiger partial charge < -0.3 is 20.1 Å². The highest BCUT2D eigenvalue weighted by molar-refractivity contribution is 6.10. The molecule has 3 rings (SSSR count). The molecule has 0 unspecified atom stereocenters. The fraction of sp³-hybridized carbons (Fsp3) is 0.0833. The number of amides is 2. The molecule has 0 aliphatic rings. The molecule has 0 radical (unpaired) electrons. The van der Waals surface area contributed by atoms with Crippen LogP contribution in [0.25, 0.3) is 6.08 Å². The predicted molar refractivity (Wildman–Crippen MR) is 117 cm³/mol. The number of nitrogens with one attached hydrogen (secondary N) is 2. The van der Waals surface area contributed by atoms with Gasteiger partial charge in [0.1, 0.15) is 17.2 Å². The van der Waals surface area contributed by atoms with Crippen LogP contribution in [0.1, 0.15) is 15.9 Å². The second kappa shape index (κ2) is 10.4. The number of methoxy groups -OCH3 is 1. The van der Waals surface area contributed by atoms with Crippen LogP contribution in [0.3, 0.4) is 0 Å². The SMILES string of the molecule is COc1cccc(/C=C(/NC(=O)c2ccccc2)C(=O)Nc2ccc(OC(F)(F)F)cc2)c1. The lowest BCUT2D eigenvalue weighted by Crippen LogP contribution is -2.30. The number of alkyl halides is 3. The molecule has 3 aromatic carbocycles. The van der Waals surface area contributed by atoms with Gasteiger partial charge in [0.2, 0.25) is 0 Å². The van der Waals surface area contributed by atoms with Gasteiger partial charge in [0.25, 0.3) is 11.8 Å². The van der Waals surface area contributed by atoms with Crippen LogP contribution in [-0.4, -0.2) is 25.3 Å². The minimum atomic E-state index is -4.82. The minimum absolute atomic E-state index is 0.0762. The van der Waals surface area contributed by atoms with E-state index in [-0.39, 0.29) is 11.4 Å². The number of ether oxygens (including phenoxy) is 2. The number of carbonyl (C=O) groups excluding carboxylic acids is 2. The molecule has 0 aliphatic carbocycles. The highest BCUT2D eigenvalue weighted by Gasteiger charge is 2.31. The van der Waals surface area contributed by atoms with Gasteiger partial charge in [-0.1, -0.05) is 30.3 Å². The van der Waals surface area contributed by atoms with Crippen molar-refractivity contribution in [2.45, 2.75) is 6.36 Å². The van der Waals surface area contributed by atoms with Crippen LogP contribution >= 0.6 is 0 Å². The number of anilines is 1. The summed E-state index contributed by atoms with van der Waals surface area (Å²) in [4.78, 5) is 25.5. The molecule has 0 spiro atoms. The van der Waals surface area contributed by atoms with Gasteiger partial charge in [0, 0.05) is 11.3 Å². The number of hydrogen-bond donors (Lipinski definition) is 2. The molecular formula is C24H19F3N2O4. The zero-order chi connectivity index (χ0) is 23.8. The second-order valence-corrected chi connectivity index (χ2v) is 6.68. The highest BCUT2D eigenvalue weighted by atomic mass is 19.4. The lowest BCUT2D eigenvalue weighted by Gasteiger charge is -2.13. The number of halogens is 3. The zero-order valence-corrected chi connectivity index (χ0v) is 17.3. The van der Waals surface area contributed by atoms with Crippen LogP contribution in [0.15, 0.2) is 84.6 Å². The Morgan fingerprint density at radius 1 is 0.879 bits per heavy atom. The molecule has 0 saturated heterocycles. The summed E-state index contributed by atoms with van der Waals surface area (Å²) < 4.78 is 46.0. The van der Waals surface area contributed by atoms with Crippen molar-refractivity contribution in [3.63, 3.8) is 0 Å². The Morgan fingerprint density at radius 3 is 2.21 bits per heavy atom. The zero-order valence-electron chi connectivity index (χ0n) is 17.3. The predicted octanol–water partition coefficient (Wildman–Crippen LogP) is 5.00. The molecule has 33 heavy (non-hydrogen) atoms. The first-order valence-corrected chi connectivity index (χ1v) is 9.63. The van der Waals surface area contributed by atoms with Crippen LogP contribution < -0.4 is 20.1 Å². The van der Waals surface area contributed by atoms with E-state index in [0.717, 1.165) is 12.1 Å². The van der Waals surface area contributed by atoms with Gasteiger partial charge in [0.05, 0.1) is 7.11 Å². The Kier molecular flexibility index (Phi) is 7.34. The molecule has 9 heteroatoms. The third-order valence-corrected chi connectivity index (χ3v) is 4.28. The summed E-state index contributed by atoms with van der Waals surface area (Å²) in [5.41, 5.74) is 1.06. The maximum absolute atomic E-state index is 12.9. The monoisotopic (exact) mass is 456 g/mol. The van der Waals surface area contributed by atoms with Crippen molar-refractivity contribution in [1.82, 2.24) is 5.32 Å². The first kappa shape index (κ1) is 23.4. The van der Waals surface area contributed by atoms with E-state index in [1.165, 1.54) is 25.3 Å². The lowest BCUT2D eigenvalue weighted by molar-refractivity contribution is -0.274. The van der Waals surface area contributed by atoms with Crippen molar-refractivity contribution in [3.8, 4) is 11.5 Å². The van der Waals surface area contributed by atoms with Crippen molar-refractivity contribution in [3.05, 3.63) is 95.7 Å². The van der Waals surface area contributed by atoms with Crippen molar-refractivity contribution < 1.29 is 32.2 Å². The van der Waals surface area contributed by atoms with E-state index in [4.69, 9.17) is 4.74 Å². The van der Waals surface area contributed by atoms with E-state index in [1.807, 2.05) is 0 Å². The molecule has 0 aliphatic heterocycles. The molecule has 0 atom stereocenters. The summed E-state index contributed by atoms with van der Waals surface area (Å²) in [5.74, 6) is -1.05. The Morgan fingerprint density at radius 2 is 1.58 bits per heavy atom. The van der Waals surface area contributed by atoms with Gasteiger partial charge in [-0.25, -0.2) is 0 Å². The molecule has 2 N–H and O–H groups in total. The second-order valence-electron chi connectivity index (χ2n) is 6.68. The van der Waals surface area contributed by atoms with E-state index in [0.29, 0.717) is 16.9 Å². The van der Waals surface area contributed by atoms with Crippen LogP contribution in [0.4, 0.5) is 18.9 Å². The summed E-state index contributed by atoms with van der Waals surface area (Å²) in [6.45, 7) is 0. The van der Waals surface area contributed by atoms with Crippen molar-refractivity contribution >= 4 is 23.6 Å². The fourth-order valence-electron chi connectivity index (χ4n) is 2.78. The summed E-state index contributed by atoms with van der Waals surface area (Å²) in [6, 6.07) is 19.8. The molecule has 170 valence electrons. The lowest BCUT2D eigenvalue weighted by atomic mass is 10.1. The summed E-state index contributed by atoms with van der Waals surface area (Å²) in [6.07, 6.45) is -3.36. The molecular weight excluding hydrogens is 437 g/mol. The Balaban J connectivity index is 1.84. The Labute approximate surface area is 187 Å². The number of carbonyl (C=O) groups is 2. The van der Waals surface area contributed by atoms with Gasteiger partial charge in [-0.15, -0.1) is 13.2 Å². The van der Waals surface area contributed by atoms with Crippen LogP contribution in [0.5, 0.6) is 11.5 Å². The van der Waals surface area contributed by atoms with Crippen LogP contribution in [-0.2, 0) is 4.79 Å². The molecule has 2 amide bonds. The van der Waals surface area contributed by atoms with E-state index < -0.39 is 23.9 Å². The summed E-state index contributed by atoms with van der Waals surface area (Å²) in [5, 5.41) is 5.13. The molecule has 3 aromatic rings. The van der Waals surface area contributed by atoms with Gasteiger partial charge >= 0.3 is 6.36 Å². The quantitative estimate of drug-likeness (QED) is 0.491.